The van der Waals surface area contributed by atoms with Crippen molar-refractivity contribution in [2.45, 2.75) is 17.9 Å². The van der Waals surface area contributed by atoms with Crippen molar-refractivity contribution in [2.75, 3.05) is 30.9 Å². The number of hydrogen-bond acceptors (Lipinski definition) is 5. The Morgan fingerprint density at radius 1 is 0.946 bits per heavy atom. The number of hydrogen-bond donors (Lipinski definition) is 1. The number of benzene rings is 3. The van der Waals surface area contributed by atoms with Crippen LogP contribution in [0.15, 0.2) is 77.8 Å². The van der Waals surface area contributed by atoms with Crippen LogP contribution >= 0.6 is 11.9 Å². The summed E-state index contributed by atoms with van der Waals surface area (Å²) in [7, 11) is 0. The molecular formula is C28H25F3N4OS. The lowest BCUT2D eigenvalue weighted by Gasteiger charge is -2.38. The number of carbonyl (C=O) groups is 1. The number of nitrogens with one attached hydrogen (secondary N) is 1. The van der Waals surface area contributed by atoms with Crippen LogP contribution in [0.4, 0.5) is 18.9 Å². The van der Waals surface area contributed by atoms with E-state index in [2.05, 4.69) is 9.71 Å². The van der Waals surface area contributed by atoms with Gasteiger partial charge < -0.3 is 9.62 Å². The molecule has 1 saturated heterocycles. The summed E-state index contributed by atoms with van der Waals surface area (Å²) in [5.41, 5.74) is 2.76. The van der Waals surface area contributed by atoms with Crippen LogP contribution in [0, 0.1) is 17.5 Å². The molecule has 5 nitrogen and oxygen atoms in total. The maximum Gasteiger partial charge on any atom is 0.253 e. The van der Waals surface area contributed by atoms with Crippen molar-refractivity contribution in [2.24, 2.45) is 0 Å². The number of carbonyl (C=O) groups excluding carboxylic acids is 1. The van der Waals surface area contributed by atoms with Crippen LogP contribution in [0.2, 0.25) is 0 Å². The number of anilines is 1. The molecule has 0 bridgehead atoms. The third-order valence-corrected chi connectivity index (χ3v) is 7.53. The van der Waals surface area contributed by atoms with Gasteiger partial charge in [0.15, 0.2) is 17.5 Å². The van der Waals surface area contributed by atoms with Gasteiger partial charge in [-0.05, 0) is 73.0 Å². The lowest BCUT2D eigenvalue weighted by Crippen LogP contribution is -2.49. The minimum Gasteiger partial charge on any atom is -0.336 e. The molecule has 37 heavy (non-hydrogen) atoms. The van der Waals surface area contributed by atoms with Crippen molar-refractivity contribution in [1.82, 2.24) is 14.8 Å². The highest BCUT2D eigenvalue weighted by molar-refractivity contribution is 8.00. The van der Waals surface area contributed by atoms with E-state index in [0.717, 1.165) is 33.6 Å². The van der Waals surface area contributed by atoms with Crippen LogP contribution in [0.1, 0.15) is 28.9 Å². The molecule has 0 saturated carbocycles. The normalized spacial score (nSPS) is 15.1. The second kappa shape index (κ2) is 10.8. The maximum atomic E-state index is 13.7. The first-order chi connectivity index (χ1) is 17.9. The quantitative estimate of drug-likeness (QED) is 0.238. The zero-order chi connectivity index (χ0) is 25.9. The van der Waals surface area contributed by atoms with Crippen LogP contribution in [0.3, 0.4) is 0 Å². The van der Waals surface area contributed by atoms with Gasteiger partial charge in [0.2, 0.25) is 0 Å². The van der Waals surface area contributed by atoms with E-state index in [1.165, 1.54) is 11.9 Å². The summed E-state index contributed by atoms with van der Waals surface area (Å²) in [6.45, 7) is 3.88. The highest BCUT2D eigenvalue weighted by Crippen LogP contribution is 2.28. The second-order valence-electron chi connectivity index (χ2n) is 8.92. The molecule has 0 aliphatic carbocycles. The minimum atomic E-state index is -1.46. The highest BCUT2D eigenvalue weighted by Gasteiger charge is 2.26. The fourth-order valence-electron chi connectivity index (χ4n) is 4.48. The lowest BCUT2D eigenvalue weighted by molar-refractivity contribution is 0.0581. The number of pyridine rings is 1. The summed E-state index contributed by atoms with van der Waals surface area (Å²) in [6, 6.07) is 19.1. The number of aromatic nitrogens is 1. The van der Waals surface area contributed by atoms with E-state index in [4.69, 9.17) is 0 Å². The predicted molar refractivity (Wildman–Crippen MR) is 140 cm³/mol. The van der Waals surface area contributed by atoms with Crippen LogP contribution in [-0.2, 0) is 0 Å². The van der Waals surface area contributed by atoms with Crippen molar-refractivity contribution in [3.05, 3.63) is 102 Å². The molecule has 5 rings (SSSR count). The van der Waals surface area contributed by atoms with Crippen molar-refractivity contribution in [1.29, 1.82) is 0 Å². The molecule has 1 fully saturated rings. The Hall–Kier alpha value is -3.56. The van der Waals surface area contributed by atoms with E-state index in [9.17, 15) is 18.0 Å². The number of para-hydroxylation sites is 1. The van der Waals surface area contributed by atoms with Gasteiger partial charge in [-0.25, -0.2) is 13.2 Å². The van der Waals surface area contributed by atoms with Crippen molar-refractivity contribution in [3.63, 3.8) is 0 Å². The predicted octanol–water partition coefficient (Wildman–Crippen LogP) is 6.29. The molecule has 9 heteroatoms. The summed E-state index contributed by atoms with van der Waals surface area (Å²) in [4.78, 5) is 22.3. The first kappa shape index (κ1) is 25.1. The Morgan fingerprint density at radius 3 is 2.32 bits per heavy atom. The summed E-state index contributed by atoms with van der Waals surface area (Å²) in [6.07, 6.45) is 1.77. The molecule has 1 amide bonds. The van der Waals surface area contributed by atoms with Gasteiger partial charge in [0.25, 0.3) is 5.91 Å². The van der Waals surface area contributed by atoms with Crippen molar-refractivity contribution >= 4 is 34.4 Å². The molecule has 190 valence electrons. The molecule has 0 radical (unpaired) electrons. The molecule has 0 spiro atoms. The zero-order valence-electron chi connectivity index (χ0n) is 20.1. The number of amides is 1. The molecular weight excluding hydrogens is 497 g/mol. The van der Waals surface area contributed by atoms with E-state index in [-0.39, 0.29) is 11.9 Å². The van der Waals surface area contributed by atoms with E-state index < -0.39 is 17.5 Å². The fraction of sp³-hybridized carbons (Fsp3) is 0.214. The molecule has 1 aliphatic heterocycles. The molecule has 4 aromatic rings. The number of nitrogens with zero attached hydrogens (tertiary/aromatic N) is 3. The van der Waals surface area contributed by atoms with Gasteiger partial charge in [-0.2, -0.15) is 0 Å². The zero-order valence-corrected chi connectivity index (χ0v) is 20.9. The van der Waals surface area contributed by atoms with Crippen molar-refractivity contribution < 1.29 is 18.0 Å². The summed E-state index contributed by atoms with van der Waals surface area (Å²) in [5, 5.41) is 1.07. The van der Waals surface area contributed by atoms with Crippen LogP contribution in [0.25, 0.3) is 10.9 Å². The van der Waals surface area contributed by atoms with E-state index in [1.807, 2.05) is 54.3 Å². The van der Waals surface area contributed by atoms with Crippen LogP contribution in [0.5, 0.6) is 0 Å². The van der Waals surface area contributed by atoms with Gasteiger partial charge in [0, 0.05) is 55.1 Å². The smallest absolute Gasteiger partial charge is 0.253 e. The maximum absolute atomic E-state index is 13.7. The van der Waals surface area contributed by atoms with Crippen LogP contribution < -0.4 is 4.72 Å². The first-order valence-electron chi connectivity index (χ1n) is 11.9. The molecule has 1 aliphatic rings. The molecule has 1 atom stereocenters. The Bertz CT molecular complexity index is 1400. The summed E-state index contributed by atoms with van der Waals surface area (Å²) < 4.78 is 43.9. The topological polar surface area (TPSA) is 48.5 Å². The molecule has 1 aromatic heterocycles. The van der Waals surface area contributed by atoms with Crippen molar-refractivity contribution in [3.8, 4) is 0 Å². The van der Waals surface area contributed by atoms with Gasteiger partial charge in [0.05, 0.1) is 10.4 Å². The lowest BCUT2D eigenvalue weighted by atomic mass is 10.0. The average molecular weight is 523 g/mol. The van der Waals surface area contributed by atoms with Gasteiger partial charge in [-0.15, -0.1) is 0 Å². The number of piperazine rings is 1. The third kappa shape index (κ3) is 5.42. The largest absolute Gasteiger partial charge is 0.336 e. The standard InChI is InChI=1S/C28H25F3N4OS/c1-18(21-16-23(29)26(31)24(30)17-21)34-12-14-35(15-13-34)28(36)20-7-9-22(10-8-20)33-37-25-6-2-4-19-5-3-11-32-27(19)25/h2-11,16-18,33H,12-15H2,1H3. The minimum absolute atomic E-state index is 0.0661. The Kier molecular flexibility index (Phi) is 7.34. The molecule has 1 unspecified atom stereocenters. The molecule has 2 heterocycles. The Balaban J connectivity index is 1.17. The Labute approximate surface area is 217 Å². The van der Waals surface area contributed by atoms with Gasteiger partial charge in [0.1, 0.15) is 0 Å². The molecule has 3 aromatic carbocycles. The molecule has 1 N–H and O–H groups in total. The summed E-state index contributed by atoms with van der Waals surface area (Å²) in [5.74, 6) is -3.91. The van der Waals surface area contributed by atoms with Crippen LogP contribution in [-0.4, -0.2) is 46.9 Å². The summed E-state index contributed by atoms with van der Waals surface area (Å²) >= 11 is 1.47. The SMILES string of the molecule is CC(c1cc(F)c(F)c(F)c1)N1CCN(C(=O)c2ccc(NSc3cccc4cccnc34)cc2)CC1. The third-order valence-electron chi connectivity index (χ3n) is 6.64. The van der Waals surface area contributed by atoms with E-state index >= 15 is 0 Å². The first-order valence-corrected chi connectivity index (χ1v) is 12.8. The van der Waals surface area contributed by atoms with Gasteiger partial charge >= 0.3 is 0 Å². The van der Waals surface area contributed by atoms with E-state index in [1.54, 1.807) is 23.2 Å². The van der Waals surface area contributed by atoms with Gasteiger partial charge in [-0.1, -0.05) is 18.2 Å². The fourth-order valence-corrected chi connectivity index (χ4v) is 5.25. The van der Waals surface area contributed by atoms with Gasteiger partial charge in [-0.3, -0.25) is 14.7 Å². The number of fused-ring (bicyclic) bond motifs is 1. The average Bonchev–Trinajstić information content (AvgIpc) is 2.94. The Morgan fingerprint density at radius 2 is 1.62 bits per heavy atom. The monoisotopic (exact) mass is 522 g/mol. The second-order valence-corrected chi connectivity index (χ2v) is 9.76. The number of halogens is 3. The highest BCUT2D eigenvalue weighted by atomic mass is 32.2. The number of rotatable bonds is 6. The van der Waals surface area contributed by atoms with E-state index in [0.29, 0.717) is 37.3 Å².